The summed E-state index contributed by atoms with van der Waals surface area (Å²) in [4.78, 5) is 6.34. The van der Waals surface area contributed by atoms with Crippen molar-refractivity contribution in [2.24, 2.45) is 5.84 Å². The molecule has 15 heavy (non-hydrogen) atoms. The molecule has 1 rings (SSSR count). The van der Waals surface area contributed by atoms with E-state index in [1.807, 2.05) is 17.0 Å². The van der Waals surface area contributed by atoms with Gasteiger partial charge in [-0.15, -0.1) is 0 Å². The van der Waals surface area contributed by atoms with Gasteiger partial charge in [0, 0.05) is 13.1 Å². The monoisotopic (exact) mass is 210 g/mol. The predicted octanol–water partition coefficient (Wildman–Crippen LogP) is 0.576. The van der Waals surface area contributed by atoms with Crippen molar-refractivity contribution < 1.29 is 5.11 Å². The average Bonchev–Trinajstić information content (AvgIpc) is 2.29. The van der Waals surface area contributed by atoms with Crippen LogP contribution in [0.5, 0.6) is 0 Å². The van der Waals surface area contributed by atoms with Gasteiger partial charge in [-0.2, -0.15) is 0 Å². The van der Waals surface area contributed by atoms with E-state index in [0.29, 0.717) is 12.4 Å². The van der Waals surface area contributed by atoms with Crippen LogP contribution in [0.1, 0.15) is 13.3 Å². The van der Waals surface area contributed by atoms with Gasteiger partial charge in [-0.25, -0.2) is 10.8 Å². The number of pyridine rings is 1. The first-order valence-corrected chi connectivity index (χ1v) is 5.11. The molecule has 1 heterocycles. The van der Waals surface area contributed by atoms with E-state index in [9.17, 15) is 0 Å². The first-order chi connectivity index (χ1) is 7.31. The number of aliphatic hydroxyl groups is 1. The normalized spacial score (nSPS) is 10.1. The lowest BCUT2D eigenvalue weighted by Crippen LogP contribution is -2.28. The third-order valence-electron chi connectivity index (χ3n) is 2.07. The van der Waals surface area contributed by atoms with E-state index in [1.54, 1.807) is 6.07 Å². The van der Waals surface area contributed by atoms with E-state index < -0.39 is 0 Å². The number of rotatable bonds is 6. The Hall–Kier alpha value is -1.33. The molecular formula is C10H18N4O. The molecule has 0 saturated heterocycles. The molecule has 1 aromatic rings. The number of hydrogen-bond donors (Lipinski definition) is 3. The minimum Gasteiger partial charge on any atom is -0.395 e. The average molecular weight is 210 g/mol. The van der Waals surface area contributed by atoms with Gasteiger partial charge in [-0.3, -0.25) is 0 Å². The molecule has 4 N–H and O–H groups in total. The topological polar surface area (TPSA) is 74.4 Å². The van der Waals surface area contributed by atoms with E-state index in [0.717, 1.165) is 18.8 Å². The fourth-order valence-electron chi connectivity index (χ4n) is 1.41. The summed E-state index contributed by atoms with van der Waals surface area (Å²) in [5.41, 5.74) is 2.51. The first kappa shape index (κ1) is 11.7. The summed E-state index contributed by atoms with van der Waals surface area (Å²) < 4.78 is 0. The molecule has 1 aromatic heterocycles. The van der Waals surface area contributed by atoms with Gasteiger partial charge in [-0.1, -0.05) is 13.0 Å². The minimum atomic E-state index is 0.127. The Morgan fingerprint density at radius 2 is 2.27 bits per heavy atom. The van der Waals surface area contributed by atoms with Crippen LogP contribution in [0.4, 0.5) is 11.6 Å². The molecule has 0 aliphatic rings. The molecular weight excluding hydrogens is 192 g/mol. The Balaban J connectivity index is 2.79. The molecule has 0 amide bonds. The second-order valence-electron chi connectivity index (χ2n) is 3.24. The highest BCUT2D eigenvalue weighted by Crippen LogP contribution is 2.13. The van der Waals surface area contributed by atoms with Crippen molar-refractivity contribution >= 4 is 11.6 Å². The van der Waals surface area contributed by atoms with Crippen molar-refractivity contribution in [2.45, 2.75) is 13.3 Å². The van der Waals surface area contributed by atoms with Gasteiger partial charge in [-0.05, 0) is 18.6 Å². The molecule has 0 atom stereocenters. The summed E-state index contributed by atoms with van der Waals surface area (Å²) in [5.74, 6) is 6.75. The number of nitrogens with two attached hydrogens (primary N) is 1. The molecule has 0 aliphatic heterocycles. The second kappa shape index (κ2) is 6.21. The number of nitrogen functional groups attached to an aromatic ring is 1. The lowest BCUT2D eigenvalue weighted by atomic mass is 10.3. The molecule has 0 bridgehead atoms. The van der Waals surface area contributed by atoms with Crippen molar-refractivity contribution in [3.63, 3.8) is 0 Å². The standard InChI is InChI=1S/C10H18N4O/c1-2-6-14(7-8-15)10-5-3-4-9(12-10)13-11/h3-5,15H,2,6-8,11H2,1H3,(H,12,13). The fourth-order valence-corrected chi connectivity index (χ4v) is 1.41. The Labute approximate surface area is 89.9 Å². The summed E-state index contributed by atoms with van der Waals surface area (Å²) in [5, 5.41) is 8.94. The highest BCUT2D eigenvalue weighted by molar-refractivity contribution is 5.46. The first-order valence-electron chi connectivity index (χ1n) is 5.11. The molecule has 0 unspecified atom stereocenters. The number of aromatic nitrogens is 1. The summed E-state index contributed by atoms with van der Waals surface area (Å²) >= 11 is 0. The lowest BCUT2D eigenvalue weighted by molar-refractivity contribution is 0.301. The zero-order valence-corrected chi connectivity index (χ0v) is 8.98. The maximum atomic E-state index is 8.94. The van der Waals surface area contributed by atoms with Gasteiger partial charge in [0.25, 0.3) is 0 Å². The number of hydrazine groups is 1. The highest BCUT2D eigenvalue weighted by Gasteiger charge is 2.06. The van der Waals surface area contributed by atoms with Crippen LogP contribution in [0.2, 0.25) is 0 Å². The van der Waals surface area contributed by atoms with Crippen molar-refractivity contribution in [1.82, 2.24) is 4.98 Å². The predicted molar refractivity (Wildman–Crippen MR) is 61.6 cm³/mol. The molecule has 0 aliphatic carbocycles. The quantitative estimate of drug-likeness (QED) is 0.473. The number of aliphatic hydroxyl groups excluding tert-OH is 1. The van der Waals surface area contributed by atoms with E-state index in [-0.39, 0.29) is 6.61 Å². The van der Waals surface area contributed by atoms with Crippen LogP contribution >= 0.6 is 0 Å². The number of hydrogen-bond acceptors (Lipinski definition) is 5. The lowest BCUT2D eigenvalue weighted by Gasteiger charge is -2.22. The third-order valence-corrected chi connectivity index (χ3v) is 2.07. The second-order valence-corrected chi connectivity index (χ2v) is 3.24. The smallest absolute Gasteiger partial charge is 0.142 e. The maximum absolute atomic E-state index is 8.94. The number of nitrogens with one attached hydrogen (secondary N) is 1. The zero-order chi connectivity index (χ0) is 11.1. The summed E-state index contributed by atoms with van der Waals surface area (Å²) in [6.45, 7) is 3.69. The summed E-state index contributed by atoms with van der Waals surface area (Å²) in [7, 11) is 0. The highest BCUT2D eigenvalue weighted by atomic mass is 16.3. The summed E-state index contributed by atoms with van der Waals surface area (Å²) in [6.07, 6.45) is 1.02. The largest absolute Gasteiger partial charge is 0.395 e. The maximum Gasteiger partial charge on any atom is 0.142 e. The van der Waals surface area contributed by atoms with Gasteiger partial charge < -0.3 is 15.4 Å². The van der Waals surface area contributed by atoms with Crippen LogP contribution < -0.4 is 16.2 Å². The number of nitrogens with zero attached hydrogens (tertiary/aromatic N) is 2. The molecule has 5 nitrogen and oxygen atoms in total. The SMILES string of the molecule is CCCN(CCO)c1cccc(NN)n1. The fraction of sp³-hybridized carbons (Fsp3) is 0.500. The van der Waals surface area contributed by atoms with Crippen LogP contribution in [0.25, 0.3) is 0 Å². The third kappa shape index (κ3) is 3.38. The van der Waals surface area contributed by atoms with Crippen molar-refractivity contribution in [3.8, 4) is 0 Å². The Kier molecular flexibility index (Phi) is 4.86. The Morgan fingerprint density at radius 1 is 1.47 bits per heavy atom. The Morgan fingerprint density at radius 3 is 2.87 bits per heavy atom. The number of anilines is 2. The van der Waals surface area contributed by atoms with Crippen molar-refractivity contribution in [1.29, 1.82) is 0 Å². The van der Waals surface area contributed by atoms with Gasteiger partial charge in [0.1, 0.15) is 11.6 Å². The molecule has 0 aromatic carbocycles. The van der Waals surface area contributed by atoms with Gasteiger partial charge in [0.05, 0.1) is 6.61 Å². The Bertz CT molecular complexity index is 287. The zero-order valence-electron chi connectivity index (χ0n) is 8.98. The molecule has 0 fully saturated rings. The van der Waals surface area contributed by atoms with E-state index in [4.69, 9.17) is 10.9 Å². The van der Waals surface area contributed by atoms with E-state index in [2.05, 4.69) is 17.3 Å². The van der Waals surface area contributed by atoms with E-state index in [1.165, 1.54) is 0 Å². The van der Waals surface area contributed by atoms with Gasteiger partial charge >= 0.3 is 0 Å². The van der Waals surface area contributed by atoms with Gasteiger partial charge in [0.15, 0.2) is 0 Å². The molecule has 0 saturated carbocycles. The van der Waals surface area contributed by atoms with Crippen molar-refractivity contribution in [2.75, 3.05) is 30.0 Å². The van der Waals surface area contributed by atoms with Crippen LogP contribution in [0, 0.1) is 0 Å². The van der Waals surface area contributed by atoms with E-state index >= 15 is 0 Å². The van der Waals surface area contributed by atoms with Crippen LogP contribution in [-0.4, -0.2) is 29.8 Å². The van der Waals surface area contributed by atoms with Crippen LogP contribution in [0.15, 0.2) is 18.2 Å². The molecule has 0 radical (unpaired) electrons. The van der Waals surface area contributed by atoms with Gasteiger partial charge in [0.2, 0.25) is 0 Å². The molecule has 0 spiro atoms. The summed E-state index contributed by atoms with van der Waals surface area (Å²) in [6, 6.07) is 5.59. The minimum absolute atomic E-state index is 0.127. The van der Waals surface area contributed by atoms with Crippen molar-refractivity contribution in [3.05, 3.63) is 18.2 Å². The molecule has 5 heteroatoms. The molecule has 84 valence electrons. The van der Waals surface area contributed by atoms with Crippen LogP contribution in [0.3, 0.4) is 0 Å². The van der Waals surface area contributed by atoms with Crippen LogP contribution in [-0.2, 0) is 0 Å².